The van der Waals surface area contributed by atoms with Crippen molar-refractivity contribution in [1.82, 2.24) is 9.97 Å². The minimum absolute atomic E-state index is 0.758. The van der Waals surface area contributed by atoms with Gasteiger partial charge in [-0.15, -0.1) is 0 Å². The lowest BCUT2D eigenvalue weighted by Gasteiger charge is -2.12. The molecule has 2 heterocycles. The van der Waals surface area contributed by atoms with Crippen LogP contribution in [0.25, 0.3) is 94.2 Å². The predicted octanol–water partition coefficient (Wildman–Crippen LogP) is 13.6. The van der Waals surface area contributed by atoms with Crippen molar-refractivity contribution >= 4 is 38.3 Å². The Morgan fingerprint density at radius 2 is 1.06 bits per heavy atom. The van der Waals surface area contributed by atoms with Crippen molar-refractivity contribution < 1.29 is 4.42 Å². The normalized spacial score (nSPS) is 12.8. The molecule has 250 valence electrons. The Morgan fingerprint density at radius 3 is 1.81 bits per heavy atom. The molecule has 3 nitrogen and oxygen atoms in total. The molecule has 7 aromatic carbocycles. The molecular formula is C50H34N2O. The largest absolute Gasteiger partial charge is 0.455 e. The van der Waals surface area contributed by atoms with E-state index in [1.807, 2.05) is 6.07 Å². The molecule has 0 radical (unpaired) electrons. The van der Waals surface area contributed by atoms with Crippen LogP contribution in [0.2, 0.25) is 0 Å². The van der Waals surface area contributed by atoms with Crippen LogP contribution in [0.15, 0.2) is 186 Å². The highest BCUT2D eigenvalue weighted by atomic mass is 16.3. The molecule has 1 aliphatic rings. The summed E-state index contributed by atoms with van der Waals surface area (Å²) >= 11 is 0. The summed E-state index contributed by atoms with van der Waals surface area (Å²) in [4.78, 5) is 10.1. The van der Waals surface area contributed by atoms with Crippen LogP contribution in [-0.4, -0.2) is 9.97 Å². The van der Waals surface area contributed by atoms with Crippen LogP contribution in [0.1, 0.15) is 18.7 Å². The average molecular weight is 679 g/mol. The molecular weight excluding hydrogens is 645 g/mol. The van der Waals surface area contributed by atoms with Gasteiger partial charge in [0, 0.05) is 32.9 Å². The van der Waals surface area contributed by atoms with Crippen molar-refractivity contribution in [3.63, 3.8) is 0 Å². The van der Waals surface area contributed by atoms with E-state index in [9.17, 15) is 0 Å². The smallest absolute Gasteiger partial charge is 0.160 e. The summed E-state index contributed by atoms with van der Waals surface area (Å²) < 4.78 is 6.67. The standard InChI is InChI=1S/C50H34N2O/c1-4-15-33(16-5-1)43-31-44-48-40(27-14-28-47(48)53-49(44)42-26-11-10-25-41(42)43)38-23-12-21-36(29-38)37-22-13-24-39(30-37)46-32-45(34-17-6-2-7-18-34)51-50(52-46)35-19-8-3-9-20-35/h1-2,4-8,10-32H,3,9H2. The molecule has 3 heteroatoms. The Morgan fingerprint density at radius 1 is 0.434 bits per heavy atom. The van der Waals surface area contributed by atoms with Crippen LogP contribution < -0.4 is 0 Å². The molecule has 53 heavy (non-hydrogen) atoms. The molecule has 0 atom stereocenters. The molecule has 0 bridgehead atoms. The lowest BCUT2D eigenvalue weighted by Crippen LogP contribution is -1.99. The third-order valence-corrected chi connectivity index (χ3v) is 10.3. The number of furan rings is 1. The van der Waals surface area contributed by atoms with Crippen LogP contribution in [0, 0.1) is 0 Å². The number of hydrogen-bond donors (Lipinski definition) is 0. The van der Waals surface area contributed by atoms with Crippen LogP contribution in [0.5, 0.6) is 0 Å². The SMILES string of the molecule is C1=CC(c2nc(-c3ccccc3)cc(-c3cccc(-c4cccc(-c5cccc6oc7c8ccccc8c(-c8ccccc8)cc7c56)c4)c3)n2)=CCC1. The van der Waals surface area contributed by atoms with E-state index in [2.05, 4.69) is 176 Å². The molecule has 0 aliphatic heterocycles. The van der Waals surface area contributed by atoms with Crippen molar-refractivity contribution in [2.45, 2.75) is 12.8 Å². The summed E-state index contributed by atoms with van der Waals surface area (Å²) in [6.45, 7) is 0. The number of benzene rings is 7. The lowest BCUT2D eigenvalue weighted by atomic mass is 9.92. The molecule has 1 aliphatic carbocycles. The molecule has 0 spiro atoms. The van der Waals surface area contributed by atoms with E-state index in [0.717, 1.165) is 96.3 Å². The van der Waals surface area contributed by atoms with Gasteiger partial charge in [-0.2, -0.15) is 0 Å². The lowest BCUT2D eigenvalue weighted by molar-refractivity contribution is 0.673. The highest BCUT2D eigenvalue weighted by molar-refractivity contribution is 6.22. The van der Waals surface area contributed by atoms with Gasteiger partial charge in [-0.3, -0.25) is 0 Å². The van der Waals surface area contributed by atoms with Gasteiger partial charge in [-0.25, -0.2) is 9.97 Å². The summed E-state index contributed by atoms with van der Waals surface area (Å²) in [7, 11) is 0. The van der Waals surface area contributed by atoms with Crippen molar-refractivity contribution in [2.24, 2.45) is 0 Å². The van der Waals surface area contributed by atoms with Gasteiger partial charge >= 0.3 is 0 Å². The first-order valence-electron chi connectivity index (χ1n) is 18.2. The van der Waals surface area contributed by atoms with E-state index in [0.29, 0.717) is 0 Å². The molecule has 2 aromatic heterocycles. The number of allylic oxidation sites excluding steroid dienone is 4. The second-order valence-electron chi connectivity index (χ2n) is 13.6. The highest BCUT2D eigenvalue weighted by Gasteiger charge is 2.18. The summed E-state index contributed by atoms with van der Waals surface area (Å²) in [5.74, 6) is 0.758. The second-order valence-corrected chi connectivity index (χ2v) is 13.6. The molecule has 0 saturated carbocycles. The maximum absolute atomic E-state index is 6.67. The second kappa shape index (κ2) is 13.0. The van der Waals surface area contributed by atoms with E-state index in [4.69, 9.17) is 14.4 Å². The fraction of sp³-hybridized carbons (Fsp3) is 0.0400. The topological polar surface area (TPSA) is 38.9 Å². The van der Waals surface area contributed by atoms with Crippen LogP contribution in [-0.2, 0) is 0 Å². The number of rotatable bonds is 6. The number of aromatic nitrogens is 2. The van der Waals surface area contributed by atoms with E-state index in [1.165, 1.54) is 16.5 Å². The Kier molecular flexibility index (Phi) is 7.62. The van der Waals surface area contributed by atoms with Gasteiger partial charge in [0.1, 0.15) is 11.2 Å². The highest BCUT2D eigenvalue weighted by Crippen LogP contribution is 2.43. The average Bonchev–Trinajstić information content (AvgIpc) is 3.63. The molecule has 0 saturated heterocycles. The fourth-order valence-electron chi connectivity index (χ4n) is 7.73. The number of hydrogen-bond acceptors (Lipinski definition) is 3. The number of fused-ring (bicyclic) bond motifs is 5. The zero-order valence-corrected chi connectivity index (χ0v) is 29.0. The molecule has 0 fully saturated rings. The fourth-order valence-corrected chi connectivity index (χ4v) is 7.73. The third kappa shape index (κ3) is 5.64. The quantitative estimate of drug-likeness (QED) is 0.176. The van der Waals surface area contributed by atoms with Gasteiger partial charge in [0.05, 0.1) is 11.4 Å². The van der Waals surface area contributed by atoms with Crippen molar-refractivity contribution in [3.8, 4) is 55.9 Å². The van der Waals surface area contributed by atoms with E-state index in [-0.39, 0.29) is 0 Å². The molecule has 0 unspecified atom stereocenters. The first kappa shape index (κ1) is 30.9. The Balaban J connectivity index is 1.10. The Labute approximate surface area is 308 Å². The molecule has 0 N–H and O–H groups in total. The van der Waals surface area contributed by atoms with Gasteiger partial charge in [0.25, 0.3) is 0 Å². The van der Waals surface area contributed by atoms with Crippen molar-refractivity contribution in [3.05, 3.63) is 188 Å². The minimum Gasteiger partial charge on any atom is -0.455 e. The first-order valence-corrected chi connectivity index (χ1v) is 18.2. The summed E-state index contributed by atoms with van der Waals surface area (Å²) in [6, 6.07) is 57.9. The monoisotopic (exact) mass is 678 g/mol. The van der Waals surface area contributed by atoms with Crippen molar-refractivity contribution in [1.29, 1.82) is 0 Å². The van der Waals surface area contributed by atoms with Gasteiger partial charge in [0.15, 0.2) is 5.82 Å². The van der Waals surface area contributed by atoms with Gasteiger partial charge in [0.2, 0.25) is 0 Å². The maximum atomic E-state index is 6.67. The Bertz CT molecular complexity index is 2880. The Hall–Kier alpha value is -6.84. The molecule has 10 rings (SSSR count). The van der Waals surface area contributed by atoms with Crippen molar-refractivity contribution in [2.75, 3.05) is 0 Å². The summed E-state index contributed by atoms with van der Waals surface area (Å²) in [5, 5.41) is 4.56. The molecule has 0 amide bonds. The zero-order valence-electron chi connectivity index (χ0n) is 29.0. The molecule has 9 aromatic rings. The van der Waals surface area contributed by atoms with E-state index in [1.54, 1.807) is 0 Å². The van der Waals surface area contributed by atoms with Crippen LogP contribution in [0.4, 0.5) is 0 Å². The van der Waals surface area contributed by atoms with Crippen LogP contribution in [0.3, 0.4) is 0 Å². The van der Waals surface area contributed by atoms with Gasteiger partial charge in [-0.05, 0) is 81.9 Å². The minimum atomic E-state index is 0.758. The maximum Gasteiger partial charge on any atom is 0.160 e. The first-order chi connectivity index (χ1) is 26.3. The van der Waals surface area contributed by atoms with Crippen LogP contribution >= 0.6 is 0 Å². The van der Waals surface area contributed by atoms with Gasteiger partial charge < -0.3 is 4.42 Å². The summed E-state index contributed by atoms with van der Waals surface area (Å²) in [5.41, 5.74) is 13.8. The third-order valence-electron chi connectivity index (χ3n) is 10.3. The zero-order chi connectivity index (χ0) is 35.1. The van der Waals surface area contributed by atoms with E-state index >= 15 is 0 Å². The summed E-state index contributed by atoms with van der Waals surface area (Å²) in [6.07, 6.45) is 8.64. The van der Waals surface area contributed by atoms with Gasteiger partial charge in [-0.1, -0.05) is 152 Å². The predicted molar refractivity (Wildman–Crippen MR) is 220 cm³/mol. The number of nitrogens with zero attached hydrogens (tertiary/aromatic N) is 2. The van der Waals surface area contributed by atoms with E-state index < -0.39 is 0 Å².